The molecule has 1 aromatic carbocycles. The lowest BCUT2D eigenvalue weighted by Gasteiger charge is -2.13. The van der Waals surface area contributed by atoms with Crippen molar-refractivity contribution >= 4 is 5.69 Å². The van der Waals surface area contributed by atoms with Crippen molar-refractivity contribution < 1.29 is 33.0 Å². The summed E-state index contributed by atoms with van der Waals surface area (Å²) in [6, 6.07) is 2.41. The molecule has 29 heavy (non-hydrogen) atoms. The van der Waals surface area contributed by atoms with Crippen molar-refractivity contribution in [2.45, 2.75) is 13.1 Å². The summed E-state index contributed by atoms with van der Waals surface area (Å²) in [4.78, 5) is 13.9. The predicted molar refractivity (Wildman–Crippen MR) is 89.4 cm³/mol. The van der Waals surface area contributed by atoms with E-state index in [4.69, 9.17) is 0 Å². The molecule has 0 aliphatic rings. The van der Waals surface area contributed by atoms with Gasteiger partial charge in [0.15, 0.2) is 23.5 Å². The molecule has 0 fully saturated rings. The fourth-order valence-electron chi connectivity index (χ4n) is 2.50. The second-order valence-corrected chi connectivity index (χ2v) is 5.85. The van der Waals surface area contributed by atoms with Gasteiger partial charge in [-0.25, -0.2) is 4.98 Å². The first-order valence-corrected chi connectivity index (χ1v) is 7.71. The molecule has 0 saturated carbocycles. The number of benzene rings is 1. The average Bonchev–Trinajstić information content (AvgIpc) is 2.64. The number of aromatic hydroxyl groups is 2. The van der Waals surface area contributed by atoms with E-state index in [2.05, 4.69) is 15.2 Å². The molecule has 0 saturated heterocycles. The minimum absolute atomic E-state index is 0.112. The van der Waals surface area contributed by atoms with Crippen molar-refractivity contribution in [3.63, 3.8) is 0 Å². The Labute approximate surface area is 159 Å². The van der Waals surface area contributed by atoms with E-state index in [1.807, 2.05) is 0 Å². The Hall–Kier alpha value is -4.03. The molecular weight excluding hydrogens is 399 g/mol. The van der Waals surface area contributed by atoms with Gasteiger partial charge in [0.25, 0.3) is 0 Å². The molecular formula is C16H10F3N5O5. The van der Waals surface area contributed by atoms with Crippen LogP contribution in [0.1, 0.15) is 11.3 Å². The summed E-state index contributed by atoms with van der Waals surface area (Å²) in [5.41, 5.74) is -3.16. The van der Waals surface area contributed by atoms with Crippen LogP contribution in [0.2, 0.25) is 0 Å². The molecule has 0 atom stereocenters. The minimum atomic E-state index is -4.82. The molecule has 3 aromatic rings. The molecule has 2 aromatic heterocycles. The highest BCUT2D eigenvalue weighted by atomic mass is 19.4. The molecule has 13 heteroatoms. The first-order chi connectivity index (χ1) is 13.5. The second kappa shape index (κ2) is 6.85. The van der Waals surface area contributed by atoms with Crippen LogP contribution in [0.4, 0.5) is 18.9 Å². The van der Waals surface area contributed by atoms with Crippen LogP contribution in [0.25, 0.3) is 22.6 Å². The number of hydrogen-bond donors (Lipinski definition) is 2. The molecule has 0 aliphatic heterocycles. The van der Waals surface area contributed by atoms with Crippen molar-refractivity contribution in [3.8, 4) is 34.1 Å². The maximum Gasteiger partial charge on any atom is 0.417 e. The van der Waals surface area contributed by atoms with Gasteiger partial charge in [0.2, 0.25) is 5.75 Å². The molecule has 150 valence electrons. The number of phenols is 2. The zero-order valence-electron chi connectivity index (χ0n) is 14.4. The van der Waals surface area contributed by atoms with Gasteiger partial charge < -0.3 is 15.4 Å². The third kappa shape index (κ3) is 3.69. The van der Waals surface area contributed by atoms with E-state index >= 15 is 0 Å². The molecule has 0 amide bonds. The fourth-order valence-corrected chi connectivity index (χ4v) is 2.50. The SMILES string of the molecule is Cc1cc(C(F)(F)F)c(-c2nncc(-c3cc(O)c(O)c([N+](=O)[O-])c3)n2)c[n+]1[O-]. The van der Waals surface area contributed by atoms with Crippen LogP contribution in [-0.2, 0) is 6.18 Å². The largest absolute Gasteiger partial charge is 0.618 e. The molecule has 0 spiro atoms. The molecule has 0 bridgehead atoms. The Morgan fingerprint density at radius 1 is 1.21 bits per heavy atom. The molecule has 0 radical (unpaired) electrons. The quantitative estimate of drug-likeness (QED) is 0.220. The number of aryl methyl sites for hydroxylation is 1. The lowest BCUT2D eigenvalue weighted by Crippen LogP contribution is -2.31. The molecule has 0 aliphatic carbocycles. The lowest BCUT2D eigenvalue weighted by atomic mass is 10.1. The van der Waals surface area contributed by atoms with E-state index in [-0.39, 0.29) is 21.7 Å². The van der Waals surface area contributed by atoms with Crippen LogP contribution in [0.3, 0.4) is 0 Å². The zero-order chi connectivity index (χ0) is 21.5. The fraction of sp³-hybridized carbons (Fsp3) is 0.125. The highest BCUT2D eigenvalue weighted by Gasteiger charge is 2.37. The van der Waals surface area contributed by atoms with Gasteiger partial charge in [0.1, 0.15) is 0 Å². The van der Waals surface area contributed by atoms with Crippen LogP contribution < -0.4 is 4.73 Å². The summed E-state index contributed by atoms with van der Waals surface area (Å²) >= 11 is 0. The molecule has 3 rings (SSSR count). The van der Waals surface area contributed by atoms with Gasteiger partial charge in [-0.2, -0.15) is 23.0 Å². The maximum atomic E-state index is 13.4. The van der Waals surface area contributed by atoms with E-state index < -0.39 is 45.2 Å². The minimum Gasteiger partial charge on any atom is -0.618 e. The molecule has 10 nitrogen and oxygen atoms in total. The number of nitro benzene ring substituents is 1. The number of nitro groups is 1. The smallest absolute Gasteiger partial charge is 0.417 e. The van der Waals surface area contributed by atoms with Crippen molar-refractivity contribution in [2.75, 3.05) is 0 Å². The number of pyridine rings is 1. The highest BCUT2D eigenvalue weighted by Crippen LogP contribution is 2.39. The van der Waals surface area contributed by atoms with E-state index in [0.717, 1.165) is 18.3 Å². The number of phenolic OH excluding ortho intramolecular Hbond substituents is 2. The van der Waals surface area contributed by atoms with Gasteiger partial charge in [-0.3, -0.25) is 10.1 Å². The van der Waals surface area contributed by atoms with Gasteiger partial charge in [0, 0.05) is 24.6 Å². The Balaban J connectivity index is 2.21. The first-order valence-electron chi connectivity index (χ1n) is 7.71. The van der Waals surface area contributed by atoms with E-state index in [1.165, 1.54) is 6.92 Å². The van der Waals surface area contributed by atoms with Crippen LogP contribution >= 0.6 is 0 Å². The van der Waals surface area contributed by atoms with Gasteiger partial charge in [-0.05, 0) is 6.07 Å². The summed E-state index contributed by atoms with van der Waals surface area (Å²) in [5.74, 6) is -2.38. The van der Waals surface area contributed by atoms with Crippen LogP contribution in [-0.4, -0.2) is 30.3 Å². The van der Waals surface area contributed by atoms with Gasteiger partial charge in [-0.15, -0.1) is 5.10 Å². The van der Waals surface area contributed by atoms with E-state index in [9.17, 15) is 38.7 Å². The summed E-state index contributed by atoms with van der Waals surface area (Å²) < 4.78 is 40.4. The molecule has 2 N–H and O–H groups in total. The topological polar surface area (TPSA) is 149 Å². The summed E-state index contributed by atoms with van der Waals surface area (Å²) in [7, 11) is 0. The normalized spacial score (nSPS) is 11.4. The molecule has 2 heterocycles. The summed E-state index contributed by atoms with van der Waals surface area (Å²) in [6.07, 6.45) is -3.18. The molecule has 0 unspecified atom stereocenters. The Morgan fingerprint density at radius 3 is 2.52 bits per heavy atom. The maximum absolute atomic E-state index is 13.4. The Bertz CT molecular complexity index is 1140. The Morgan fingerprint density at radius 2 is 1.90 bits per heavy atom. The van der Waals surface area contributed by atoms with Gasteiger partial charge in [-0.1, -0.05) is 0 Å². The van der Waals surface area contributed by atoms with Gasteiger partial charge in [0.05, 0.1) is 27.9 Å². The number of halogens is 3. The van der Waals surface area contributed by atoms with E-state index in [1.54, 1.807) is 0 Å². The summed E-state index contributed by atoms with van der Waals surface area (Å²) in [6.45, 7) is 1.19. The second-order valence-electron chi connectivity index (χ2n) is 5.85. The monoisotopic (exact) mass is 409 g/mol. The summed E-state index contributed by atoms with van der Waals surface area (Å²) in [5, 5.41) is 49.1. The number of hydrogen-bond acceptors (Lipinski definition) is 8. The number of nitrogens with zero attached hydrogens (tertiary/aromatic N) is 5. The van der Waals surface area contributed by atoms with Gasteiger partial charge >= 0.3 is 11.9 Å². The van der Waals surface area contributed by atoms with Crippen molar-refractivity contribution in [1.29, 1.82) is 0 Å². The Kier molecular flexibility index (Phi) is 4.66. The number of rotatable bonds is 3. The third-order valence-electron chi connectivity index (χ3n) is 3.90. The van der Waals surface area contributed by atoms with Crippen molar-refractivity contribution in [3.05, 3.63) is 57.2 Å². The highest BCUT2D eigenvalue weighted by molar-refractivity contribution is 5.71. The predicted octanol–water partition coefficient (Wildman–Crippen LogP) is 2.49. The van der Waals surface area contributed by atoms with Crippen LogP contribution in [0.15, 0.2) is 30.6 Å². The van der Waals surface area contributed by atoms with Crippen LogP contribution in [0.5, 0.6) is 11.5 Å². The number of aromatic nitrogens is 4. The zero-order valence-corrected chi connectivity index (χ0v) is 14.4. The third-order valence-corrected chi connectivity index (χ3v) is 3.90. The number of alkyl halides is 3. The standard InChI is InChI=1S/C16H10F3N5O5/c1-7-2-10(16(17,18)19)9(6-23(7)27)15-21-11(5-20-22-15)8-3-12(24(28)29)14(26)13(25)4-8/h2-6,25-26H,1H3. The van der Waals surface area contributed by atoms with Crippen LogP contribution in [0, 0.1) is 22.2 Å². The van der Waals surface area contributed by atoms with Crippen molar-refractivity contribution in [2.24, 2.45) is 0 Å². The van der Waals surface area contributed by atoms with Crippen molar-refractivity contribution in [1.82, 2.24) is 15.2 Å². The van der Waals surface area contributed by atoms with E-state index in [0.29, 0.717) is 12.3 Å². The lowest BCUT2D eigenvalue weighted by molar-refractivity contribution is -0.612. The first kappa shape index (κ1) is 19.7. The average molecular weight is 409 g/mol.